The number of nitrogens with zero attached hydrogens (tertiary/aromatic N) is 2. The summed E-state index contributed by atoms with van der Waals surface area (Å²) in [5, 5.41) is 10.9. The molecular formula is C21H26N4O2. The summed E-state index contributed by atoms with van der Waals surface area (Å²) < 4.78 is 11.4. The van der Waals surface area contributed by atoms with Gasteiger partial charge in [-0.25, -0.2) is 4.98 Å². The number of aromatic amines is 1. The summed E-state index contributed by atoms with van der Waals surface area (Å²) in [7, 11) is 0. The maximum Gasteiger partial charge on any atom is 0.123 e. The molecule has 3 heterocycles. The minimum atomic E-state index is -0.320. The molecule has 0 bridgehead atoms. The van der Waals surface area contributed by atoms with Crippen LogP contribution in [-0.4, -0.2) is 41.0 Å². The van der Waals surface area contributed by atoms with Gasteiger partial charge in [0.2, 0.25) is 0 Å². The molecule has 27 heavy (non-hydrogen) atoms. The van der Waals surface area contributed by atoms with E-state index in [9.17, 15) is 0 Å². The number of H-pyrrole nitrogens is 1. The molecule has 4 rings (SSSR count). The molecule has 3 aromatic rings. The minimum absolute atomic E-state index is 0.311. The summed E-state index contributed by atoms with van der Waals surface area (Å²) in [6.07, 6.45) is 2.78. The Balaban J connectivity index is 1.78. The first-order chi connectivity index (χ1) is 13.1. The Morgan fingerprint density at radius 1 is 1.33 bits per heavy atom. The largest absolute Gasteiger partial charge is 0.494 e. The van der Waals surface area contributed by atoms with Crippen LogP contribution in [0.5, 0.6) is 5.75 Å². The molecule has 1 saturated heterocycles. The Morgan fingerprint density at radius 2 is 2.19 bits per heavy atom. The molecule has 6 nitrogen and oxygen atoms in total. The van der Waals surface area contributed by atoms with Crippen LogP contribution < -0.4 is 10.1 Å². The predicted molar refractivity (Wildman–Crippen MR) is 106 cm³/mol. The molecule has 1 aliphatic rings. The summed E-state index contributed by atoms with van der Waals surface area (Å²) >= 11 is 0. The molecule has 0 spiro atoms. The van der Waals surface area contributed by atoms with E-state index < -0.39 is 0 Å². The third-order valence-electron chi connectivity index (χ3n) is 5.20. The first-order valence-corrected chi connectivity index (χ1v) is 9.50. The van der Waals surface area contributed by atoms with E-state index in [-0.39, 0.29) is 5.41 Å². The van der Waals surface area contributed by atoms with Crippen LogP contribution >= 0.6 is 0 Å². The first kappa shape index (κ1) is 17.8. The highest BCUT2D eigenvalue weighted by Gasteiger charge is 2.30. The number of anilines is 1. The van der Waals surface area contributed by atoms with Crippen molar-refractivity contribution in [2.24, 2.45) is 0 Å². The number of benzene rings is 1. The number of para-hydroxylation sites is 1. The van der Waals surface area contributed by atoms with Crippen LogP contribution in [0.1, 0.15) is 38.4 Å². The van der Waals surface area contributed by atoms with Crippen LogP contribution in [0.3, 0.4) is 0 Å². The van der Waals surface area contributed by atoms with E-state index >= 15 is 0 Å². The number of hydrogen-bond donors (Lipinski definition) is 2. The summed E-state index contributed by atoms with van der Waals surface area (Å²) in [5.41, 5.74) is 4.59. The summed E-state index contributed by atoms with van der Waals surface area (Å²) in [5.74, 6) is 0.901. The Hall–Kier alpha value is -2.60. The quantitative estimate of drug-likeness (QED) is 0.693. The summed E-state index contributed by atoms with van der Waals surface area (Å²) in [6, 6.07) is 10.6. The van der Waals surface area contributed by atoms with Gasteiger partial charge in [0.15, 0.2) is 0 Å². The molecule has 0 aliphatic carbocycles. The standard InChI is InChI=1S/C21H26N4O2/c1-4-27-18-8-6-5-7-15(18)21(2,3)19-11-16(23-14-9-10-26-13-14)20-17(24-19)12-22-25-20/h5-8,11-12,14H,4,9-10,13H2,1-3H3,(H,22,25)(H,23,24)/t14-/m1/s1. The van der Waals surface area contributed by atoms with Gasteiger partial charge in [0.1, 0.15) is 16.8 Å². The van der Waals surface area contributed by atoms with Crippen molar-refractivity contribution in [1.82, 2.24) is 15.2 Å². The highest BCUT2D eigenvalue weighted by Crippen LogP contribution is 2.38. The lowest BCUT2D eigenvalue weighted by Gasteiger charge is -2.28. The Kier molecular flexibility index (Phi) is 4.74. The lowest BCUT2D eigenvalue weighted by Crippen LogP contribution is -2.24. The zero-order valence-corrected chi connectivity index (χ0v) is 16.1. The van der Waals surface area contributed by atoms with E-state index in [0.717, 1.165) is 53.4 Å². The molecule has 1 fully saturated rings. The number of aromatic nitrogens is 3. The van der Waals surface area contributed by atoms with Crippen LogP contribution in [0.25, 0.3) is 11.0 Å². The zero-order chi connectivity index (χ0) is 18.9. The number of fused-ring (bicyclic) bond motifs is 1. The van der Waals surface area contributed by atoms with Crippen molar-refractivity contribution in [1.29, 1.82) is 0 Å². The lowest BCUT2D eigenvalue weighted by molar-refractivity contribution is 0.195. The van der Waals surface area contributed by atoms with Crippen molar-refractivity contribution >= 4 is 16.7 Å². The van der Waals surface area contributed by atoms with E-state index in [1.165, 1.54) is 0 Å². The zero-order valence-electron chi connectivity index (χ0n) is 16.1. The Bertz CT molecular complexity index is 929. The van der Waals surface area contributed by atoms with E-state index in [4.69, 9.17) is 14.5 Å². The molecule has 0 unspecified atom stereocenters. The lowest BCUT2D eigenvalue weighted by atomic mass is 9.80. The molecule has 142 valence electrons. The van der Waals surface area contributed by atoms with Gasteiger partial charge in [0, 0.05) is 17.6 Å². The van der Waals surface area contributed by atoms with Gasteiger partial charge in [0.05, 0.1) is 36.8 Å². The molecular weight excluding hydrogens is 340 g/mol. The second-order valence-electron chi connectivity index (χ2n) is 7.44. The fourth-order valence-electron chi connectivity index (χ4n) is 3.64. The van der Waals surface area contributed by atoms with E-state index in [0.29, 0.717) is 12.6 Å². The third-order valence-corrected chi connectivity index (χ3v) is 5.20. The fourth-order valence-corrected chi connectivity index (χ4v) is 3.64. The maximum atomic E-state index is 5.88. The van der Waals surface area contributed by atoms with Gasteiger partial charge < -0.3 is 14.8 Å². The molecule has 0 radical (unpaired) electrons. The van der Waals surface area contributed by atoms with Crippen LogP contribution in [0.4, 0.5) is 5.69 Å². The third kappa shape index (κ3) is 3.37. The fraction of sp³-hybridized carbons (Fsp3) is 0.429. The average Bonchev–Trinajstić information content (AvgIpc) is 3.34. The number of rotatable bonds is 6. The Labute approximate surface area is 159 Å². The van der Waals surface area contributed by atoms with Crippen LogP contribution in [0.2, 0.25) is 0 Å². The van der Waals surface area contributed by atoms with Gasteiger partial charge in [-0.1, -0.05) is 32.0 Å². The maximum absolute atomic E-state index is 5.88. The molecule has 2 N–H and O–H groups in total. The minimum Gasteiger partial charge on any atom is -0.494 e. The SMILES string of the molecule is CCOc1ccccc1C(C)(C)c1cc(N[C@@H]2CCOC2)c2[nH]ncc2n1. The summed E-state index contributed by atoms with van der Waals surface area (Å²) in [4.78, 5) is 4.90. The van der Waals surface area contributed by atoms with Crippen molar-refractivity contribution in [3.05, 3.63) is 47.8 Å². The second-order valence-corrected chi connectivity index (χ2v) is 7.44. The topological polar surface area (TPSA) is 72.1 Å². The van der Waals surface area contributed by atoms with Crippen LogP contribution in [0, 0.1) is 0 Å². The van der Waals surface area contributed by atoms with Crippen LogP contribution in [-0.2, 0) is 10.2 Å². The predicted octanol–water partition coefficient (Wildman–Crippen LogP) is 3.88. The van der Waals surface area contributed by atoms with Gasteiger partial charge in [0.25, 0.3) is 0 Å². The van der Waals surface area contributed by atoms with E-state index in [1.54, 1.807) is 6.20 Å². The molecule has 1 aliphatic heterocycles. The monoisotopic (exact) mass is 366 g/mol. The van der Waals surface area contributed by atoms with Crippen molar-refractivity contribution in [3.63, 3.8) is 0 Å². The molecule has 0 saturated carbocycles. The normalized spacial score (nSPS) is 17.4. The van der Waals surface area contributed by atoms with Crippen molar-refractivity contribution in [3.8, 4) is 5.75 Å². The van der Waals surface area contributed by atoms with Crippen molar-refractivity contribution < 1.29 is 9.47 Å². The number of pyridine rings is 1. The second kappa shape index (κ2) is 7.19. The number of ether oxygens (including phenoxy) is 2. The molecule has 6 heteroatoms. The van der Waals surface area contributed by atoms with Crippen LogP contribution in [0.15, 0.2) is 36.5 Å². The van der Waals surface area contributed by atoms with Crippen molar-refractivity contribution in [2.75, 3.05) is 25.1 Å². The Morgan fingerprint density at radius 3 is 2.96 bits per heavy atom. The van der Waals surface area contributed by atoms with Gasteiger partial charge in [-0.2, -0.15) is 5.10 Å². The number of nitrogens with one attached hydrogen (secondary N) is 2. The highest BCUT2D eigenvalue weighted by molar-refractivity contribution is 5.87. The summed E-state index contributed by atoms with van der Waals surface area (Å²) in [6.45, 7) is 8.53. The van der Waals surface area contributed by atoms with E-state index in [1.807, 2.05) is 25.1 Å². The highest BCUT2D eigenvalue weighted by atomic mass is 16.5. The first-order valence-electron chi connectivity index (χ1n) is 9.50. The smallest absolute Gasteiger partial charge is 0.123 e. The number of hydrogen-bond acceptors (Lipinski definition) is 5. The molecule has 1 aromatic carbocycles. The van der Waals surface area contributed by atoms with Gasteiger partial charge in [-0.05, 0) is 25.5 Å². The molecule has 1 atom stereocenters. The van der Waals surface area contributed by atoms with E-state index in [2.05, 4.69) is 41.5 Å². The molecule has 0 amide bonds. The van der Waals surface area contributed by atoms with Crippen molar-refractivity contribution in [2.45, 2.75) is 38.6 Å². The van der Waals surface area contributed by atoms with Gasteiger partial charge in [-0.15, -0.1) is 0 Å². The van der Waals surface area contributed by atoms with Gasteiger partial charge >= 0.3 is 0 Å². The van der Waals surface area contributed by atoms with Gasteiger partial charge in [-0.3, -0.25) is 5.10 Å². The molecule has 2 aromatic heterocycles. The average molecular weight is 366 g/mol.